The fraction of sp³-hybridized carbons (Fsp3) is 0.857. The van der Waals surface area contributed by atoms with Gasteiger partial charge < -0.3 is 20.3 Å². The van der Waals surface area contributed by atoms with Crippen LogP contribution in [0.4, 0.5) is 0 Å². The summed E-state index contributed by atoms with van der Waals surface area (Å²) in [6.45, 7) is 6.66. The van der Waals surface area contributed by atoms with Crippen LogP contribution in [0.15, 0.2) is 0 Å². The van der Waals surface area contributed by atoms with Gasteiger partial charge in [-0.2, -0.15) is 0 Å². The van der Waals surface area contributed by atoms with Gasteiger partial charge in [-0.25, -0.2) is 0 Å². The van der Waals surface area contributed by atoms with Crippen molar-refractivity contribution in [1.82, 2.24) is 15.5 Å². The molecule has 2 aliphatic heterocycles. The van der Waals surface area contributed by atoms with Gasteiger partial charge in [0.1, 0.15) is 0 Å². The van der Waals surface area contributed by atoms with E-state index in [0.29, 0.717) is 39.3 Å². The van der Waals surface area contributed by atoms with Crippen molar-refractivity contribution in [3.05, 3.63) is 0 Å². The number of piperidine rings is 1. The molecule has 0 saturated carbocycles. The Kier molecular flexibility index (Phi) is 7.42. The predicted octanol–water partition coefficient (Wildman–Crippen LogP) is 0.163. The van der Waals surface area contributed by atoms with Crippen LogP contribution in [0, 0.1) is 5.41 Å². The Morgan fingerprint density at radius 3 is 2.67 bits per heavy atom. The van der Waals surface area contributed by atoms with Crippen molar-refractivity contribution >= 4 is 24.2 Å². The molecule has 1 atom stereocenters. The number of morpholine rings is 1. The molecule has 2 heterocycles. The summed E-state index contributed by atoms with van der Waals surface area (Å²) in [5.74, 6) is 0.153. The van der Waals surface area contributed by atoms with Crippen LogP contribution in [0.1, 0.15) is 26.2 Å². The molecule has 0 aromatic carbocycles. The first-order valence-corrected chi connectivity index (χ1v) is 7.46. The fourth-order valence-corrected chi connectivity index (χ4v) is 2.72. The van der Waals surface area contributed by atoms with Crippen molar-refractivity contribution in [2.75, 3.05) is 45.9 Å². The highest BCUT2D eigenvalue weighted by atomic mass is 35.5. The highest BCUT2D eigenvalue weighted by molar-refractivity contribution is 5.85. The average molecular weight is 320 g/mol. The van der Waals surface area contributed by atoms with Crippen LogP contribution in [-0.4, -0.2) is 62.7 Å². The van der Waals surface area contributed by atoms with E-state index in [4.69, 9.17) is 4.74 Å². The Bertz CT molecular complexity index is 353. The van der Waals surface area contributed by atoms with E-state index in [-0.39, 0.29) is 29.6 Å². The number of halogens is 1. The maximum Gasteiger partial charge on any atom is 0.227 e. The molecule has 6 nitrogen and oxygen atoms in total. The van der Waals surface area contributed by atoms with Gasteiger partial charge in [0.2, 0.25) is 11.8 Å². The Labute approximate surface area is 132 Å². The van der Waals surface area contributed by atoms with Crippen molar-refractivity contribution in [1.29, 1.82) is 0 Å². The summed E-state index contributed by atoms with van der Waals surface area (Å²) in [6, 6.07) is 0. The van der Waals surface area contributed by atoms with Gasteiger partial charge in [0.05, 0.1) is 18.6 Å². The minimum Gasteiger partial charge on any atom is -0.378 e. The highest BCUT2D eigenvalue weighted by Gasteiger charge is 2.34. The van der Waals surface area contributed by atoms with Gasteiger partial charge in [0.25, 0.3) is 0 Å². The lowest BCUT2D eigenvalue weighted by Gasteiger charge is -2.32. The summed E-state index contributed by atoms with van der Waals surface area (Å²) in [5.41, 5.74) is -0.333. The number of amides is 2. The van der Waals surface area contributed by atoms with E-state index >= 15 is 0 Å². The van der Waals surface area contributed by atoms with Crippen LogP contribution in [0.3, 0.4) is 0 Å². The summed E-state index contributed by atoms with van der Waals surface area (Å²) in [7, 11) is 0. The maximum absolute atomic E-state index is 12.2. The first kappa shape index (κ1) is 18.2. The zero-order valence-corrected chi connectivity index (χ0v) is 13.5. The maximum atomic E-state index is 12.2. The van der Waals surface area contributed by atoms with Crippen molar-refractivity contribution in [2.45, 2.75) is 26.2 Å². The lowest BCUT2D eigenvalue weighted by Crippen LogP contribution is -2.49. The summed E-state index contributed by atoms with van der Waals surface area (Å²) in [5, 5.41) is 6.16. The number of ether oxygens (including phenoxy) is 1. The van der Waals surface area contributed by atoms with Gasteiger partial charge in [-0.3, -0.25) is 9.59 Å². The number of rotatable bonds is 4. The van der Waals surface area contributed by atoms with Crippen LogP contribution in [-0.2, 0) is 14.3 Å². The Balaban J connectivity index is 0.00000220. The third-order valence-electron chi connectivity index (χ3n) is 4.13. The summed E-state index contributed by atoms with van der Waals surface area (Å²) in [4.78, 5) is 25.9. The molecule has 0 aliphatic carbocycles. The Hall–Kier alpha value is -0.850. The molecular formula is C14H26ClN3O3. The van der Waals surface area contributed by atoms with Crippen molar-refractivity contribution < 1.29 is 14.3 Å². The predicted molar refractivity (Wildman–Crippen MR) is 82.5 cm³/mol. The topological polar surface area (TPSA) is 70.7 Å². The zero-order chi connectivity index (χ0) is 14.4. The Morgan fingerprint density at radius 1 is 1.33 bits per heavy atom. The van der Waals surface area contributed by atoms with Crippen LogP contribution in [0.5, 0.6) is 0 Å². The monoisotopic (exact) mass is 319 g/mol. The minimum absolute atomic E-state index is 0. The molecular weight excluding hydrogens is 294 g/mol. The lowest BCUT2D eigenvalue weighted by molar-refractivity contribution is -0.135. The van der Waals surface area contributed by atoms with E-state index in [2.05, 4.69) is 10.6 Å². The number of carbonyl (C=O) groups is 2. The normalized spacial score (nSPS) is 25.9. The number of carbonyl (C=O) groups excluding carboxylic acids is 2. The van der Waals surface area contributed by atoms with Gasteiger partial charge in [-0.1, -0.05) is 0 Å². The molecule has 0 bridgehead atoms. The molecule has 0 aromatic heterocycles. The lowest BCUT2D eigenvalue weighted by atomic mass is 9.82. The molecule has 1 unspecified atom stereocenters. The van der Waals surface area contributed by atoms with Crippen LogP contribution in [0.25, 0.3) is 0 Å². The quantitative estimate of drug-likeness (QED) is 0.774. The van der Waals surface area contributed by atoms with Crippen molar-refractivity contribution in [2.24, 2.45) is 5.41 Å². The highest BCUT2D eigenvalue weighted by Crippen LogP contribution is 2.25. The van der Waals surface area contributed by atoms with Crippen LogP contribution >= 0.6 is 12.4 Å². The molecule has 2 N–H and O–H groups in total. The molecule has 2 saturated heterocycles. The van der Waals surface area contributed by atoms with Crippen LogP contribution in [0.2, 0.25) is 0 Å². The molecule has 0 radical (unpaired) electrons. The second-order valence-electron chi connectivity index (χ2n) is 5.84. The second kappa shape index (κ2) is 8.56. The van der Waals surface area contributed by atoms with Gasteiger partial charge in [0, 0.05) is 32.6 Å². The molecule has 2 aliphatic rings. The van der Waals surface area contributed by atoms with Crippen molar-refractivity contribution in [3.8, 4) is 0 Å². The van der Waals surface area contributed by atoms with Gasteiger partial charge in [0.15, 0.2) is 0 Å². The van der Waals surface area contributed by atoms with Crippen molar-refractivity contribution in [3.63, 3.8) is 0 Å². The first-order chi connectivity index (χ1) is 9.62. The molecule has 0 aromatic rings. The Morgan fingerprint density at radius 2 is 2.05 bits per heavy atom. The summed E-state index contributed by atoms with van der Waals surface area (Å²) < 4.78 is 5.21. The third-order valence-corrected chi connectivity index (χ3v) is 4.13. The van der Waals surface area contributed by atoms with E-state index in [1.54, 1.807) is 4.90 Å². The number of hydrogen-bond donors (Lipinski definition) is 2. The molecule has 21 heavy (non-hydrogen) atoms. The second-order valence-corrected chi connectivity index (χ2v) is 5.84. The van der Waals surface area contributed by atoms with E-state index in [1.165, 1.54) is 0 Å². The third kappa shape index (κ3) is 5.13. The molecule has 122 valence electrons. The standard InChI is InChI=1S/C14H25N3O3.ClH/c1-14(4-2-5-15-11-14)13(19)16-6-3-12(18)17-7-9-20-10-8-17;/h15H,2-11H2,1H3,(H,16,19);1H. The van der Waals surface area contributed by atoms with Crippen LogP contribution < -0.4 is 10.6 Å². The first-order valence-electron chi connectivity index (χ1n) is 7.46. The number of nitrogens with zero attached hydrogens (tertiary/aromatic N) is 1. The molecule has 2 amide bonds. The molecule has 2 rings (SSSR count). The SMILES string of the molecule is CC1(C(=O)NCCC(=O)N2CCOCC2)CCCNC1.Cl. The van der Waals surface area contributed by atoms with Gasteiger partial charge >= 0.3 is 0 Å². The fourth-order valence-electron chi connectivity index (χ4n) is 2.72. The van der Waals surface area contributed by atoms with E-state index in [1.807, 2.05) is 6.92 Å². The van der Waals surface area contributed by atoms with E-state index in [9.17, 15) is 9.59 Å². The van der Waals surface area contributed by atoms with Gasteiger partial charge in [-0.15, -0.1) is 12.4 Å². The molecule has 2 fully saturated rings. The summed E-state index contributed by atoms with van der Waals surface area (Å²) in [6.07, 6.45) is 2.30. The number of nitrogens with one attached hydrogen (secondary N) is 2. The molecule has 0 spiro atoms. The summed E-state index contributed by atoms with van der Waals surface area (Å²) >= 11 is 0. The average Bonchev–Trinajstić information content (AvgIpc) is 2.48. The molecule has 7 heteroatoms. The largest absolute Gasteiger partial charge is 0.378 e. The zero-order valence-electron chi connectivity index (χ0n) is 12.7. The minimum atomic E-state index is -0.333. The van der Waals surface area contributed by atoms with Gasteiger partial charge in [-0.05, 0) is 26.3 Å². The number of hydrogen-bond acceptors (Lipinski definition) is 4. The van der Waals surface area contributed by atoms with E-state index in [0.717, 1.165) is 25.9 Å². The van der Waals surface area contributed by atoms with E-state index < -0.39 is 0 Å². The smallest absolute Gasteiger partial charge is 0.227 e.